The smallest absolute Gasteiger partial charge is 0.274 e. The molecule has 3 rings (SSSR count). The summed E-state index contributed by atoms with van der Waals surface area (Å²) in [6.45, 7) is 1.52. The molecule has 5 nitrogen and oxygen atoms in total. The van der Waals surface area contributed by atoms with Crippen molar-refractivity contribution in [3.05, 3.63) is 54.0 Å². The molecule has 0 aliphatic carbocycles. The van der Waals surface area contributed by atoms with E-state index in [2.05, 4.69) is 27.4 Å². The lowest BCUT2D eigenvalue weighted by Crippen LogP contribution is -2.29. The summed E-state index contributed by atoms with van der Waals surface area (Å²) in [5.41, 5.74) is 1.70. The maximum atomic E-state index is 12.4. The number of carbonyl (C=O) groups excluding carboxylic acids is 1. The SMILES string of the molecule is CNc1cnc(C(=O)N2CCC(c3ccccc3)C2)cn1. The maximum absolute atomic E-state index is 12.4. The average Bonchev–Trinajstić information content (AvgIpc) is 3.05. The topological polar surface area (TPSA) is 58.1 Å². The van der Waals surface area contributed by atoms with Crippen molar-refractivity contribution in [2.24, 2.45) is 0 Å². The Kier molecular flexibility index (Phi) is 3.81. The van der Waals surface area contributed by atoms with Crippen LogP contribution >= 0.6 is 0 Å². The van der Waals surface area contributed by atoms with Gasteiger partial charge in [-0.2, -0.15) is 0 Å². The highest BCUT2D eigenvalue weighted by Gasteiger charge is 2.28. The normalized spacial score (nSPS) is 17.8. The first kappa shape index (κ1) is 13.5. The molecule has 1 aromatic carbocycles. The fourth-order valence-corrected chi connectivity index (χ4v) is 2.67. The fourth-order valence-electron chi connectivity index (χ4n) is 2.67. The monoisotopic (exact) mass is 282 g/mol. The molecule has 0 bridgehead atoms. The second-order valence-corrected chi connectivity index (χ2v) is 5.18. The number of anilines is 1. The number of nitrogens with zero attached hydrogens (tertiary/aromatic N) is 3. The van der Waals surface area contributed by atoms with Gasteiger partial charge in [-0.15, -0.1) is 0 Å². The van der Waals surface area contributed by atoms with Crippen LogP contribution in [0.5, 0.6) is 0 Å². The van der Waals surface area contributed by atoms with Gasteiger partial charge < -0.3 is 10.2 Å². The van der Waals surface area contributed by atoms with E-state index in [0.717, 1.165) is 19.5 Å². The van der Waals surface area contributed by atoms with Crippen molar-refractivity contribution in [1.82, 2.24) is 14.9 Å². The van der Waals surface area contributed by atoms with Gasteiger partial charge in [0, 0.05) is 26.1 Å². The van der Waals surface area contributed by atoms with E-state index in [-0.39, 0.29) is 5.91 Å². The van der Waals surface area contributed by atoms with E-state index in [4.69, 9.17) is 0 Å². The number of benzene rings is 1. The van der Waals surface area contributed by atoms with Gasteiger partial charge in [0.2, 0.25) is 0 Å². The Balaban J connectivity index is 1.69. The molecule has 1 aromatic heterocycles. The van der Waals surface area contributed by atoms with Crippen LogP contribution in [0.1, 0.15) is 28.4 Å². The van der Waals surface area contributed by atoms with Crippen LogP contribution in [-0.4, -0.2) is 40.9 Å². The largest absolute Gasteiger partial charge is 0.372 e. The number of rotatable bonds is 3. The van der Waals surface area contributed by atoms with Gasteiger partial charge in [0.15, 0.2) is 0 Å². The fraction of sp³-hybridized carbons (Fsp3) is 0.312. The van der Waals surface area contributed by atoms with Crippen molar-refractivity contribution in [2.75, 3.05) is 25.5 Å². The third-order valence-corrected chi connectivity index (χ3v) is 3.87. The van der Waals surface area contributed by atoms with E-state index in [9.17, 15) is 4.79 Å². The first-order chi connectivity index (χ1) is 10.3. The summed E-state index contributed by atoms with van der Waals surface area (Å²) in [6, 6.07) is 10.4. The molecule has 1 atom stereocenters. The first-order valence-corrected chi connectivity index (χ1v) is 7.12. The van der Waals surface area contributed by atoms with Gasteiger partial charge >= 0.3 is 0 Å². The van der Waals surface area contributed by atoms with Gasteiger partial charge in [-0.3, -0.25) is 4.79 Å². The van der Waals surface area contributed by atoms with Crippen LogP contribution < -0.4 is 5.32 Å². The van der Waals surface area contributed by atoms with Gasteiger partial charge in [0.25, 0.3) is 5.91 Å². The van der Waals surface area contributed by atoms with Crippen LogP contribution in [0.3, 0.4) is 0 Å². The first-order valence-electron chi connectivity index (χ1n) is 7.12. The van der Waals surface area contributed by atoms with Gasteiger partial charge in [-0.1, -0.05) is 30.3 Å². The molecule has 1 aliphatic heterocycles. The highest BCUT2D eigenvalue weighted by atomic mass is 16.2. The average molecular weight is 282 g/mol. The summed E-state index contributed by atoms with van der Waals surface area (Å²) in [5, 5.41) is 2.89. The highest BCUT2D eigenvalue weighted by molar-refractivity contribution is 5.92. The van der Waals surface area contributed by atoms with Gasteiger partial charge in [0.05, 0.1) is 12.4 Å². The molecule has 1 N–H and O–H groups in total. The molecular weight excluding hydrogens is 264 g/mol. The number of amides is 1. The van der Waals surface area contributed by atoms with E-state index in [1.54, 1.807) is 13.2 Å². The quantitative estimate of drug-likeness (QED) is 0.937. The Labute approximate surface area is 124 Å². The van der Waals surface area contributed by atoms with Crippen LogP contribution in [0.2, 0.25) is 0 Å². The van der Waals surface area contributed by atoms with Crippen molar-refractivity contribution < 1.29 is 4.79 Å². The zero-order valence-electron chi connectivity index (χ0n) is 12.0. The number of hydrogen-bond acceptors (Lipinski definition) is 4. The summed E-state index contributed by atoms with van der Waals surface area (Å²) in [6.07, 6.45) is 4.11. The predicted molar refractivity (Wildman–Crippen MR) is 81.3 cm³/mol. The van der Waals surface area contributed by atoms with Crippen LogP contribution in [-0.2, 0) is 0 Å². The second kappa shape index (κ2) is 5.91. The Bertz CT molecular complexity index is 612. The Morgan fingerprint density at radius 2 is 2.05 bits per heavy atom. The molecular formula is C16H18N4O. The van der Waals surface area contributed by atoms with Gasteiger partial charge in [0.1, 0.15) is 11.5 Å². The van der Waals surface area contributed by atoms with Crippen molar-refractivity contribution in [3.63, 3.8) is 0 Å². The molecule has 1 fully saturated rings. The minimum absolute atomic E-state index is 0.0383. The van der Waals surface area contributed by atoms with E-state index in [1.807, 2.05) is 23.1 Å². The van der Waals surface area contributed by atoms with Crippen LogP contribution in [0.4, 0.5) is 5.82 Å². The molecule has 0 radical (unpaired) electrons. The summed E-state index contributed by atoms with van der Waals surface area (Å²) in [5.74, 6) is 1.04. The molecule has 1 unspecified atom stereocenters. The van der Waals surface area contributed by atoms with E-state index < -0.39 is 0 Å². The maximum Gasteiger partial charge on any atom is 0.274 e. The zero-order valence-corrected chi connectivity index (χ0v) is 12.0. The number of hydrogen-bond donors (Lipinski definition) is 1. The molecule has 21 heavy (non-hydrogen) atoms. The van der Waals surface area contributed by atoms with Crippen LogP contribution in [0, 0.1) is 0 Å². The highest BCUT2D eigenvalue weighted by Crippen LogP contribution is 2.27. The predicted octanol–water partition coefficient (Wildman–Crippen LogP) is 2.15. The lowest BCUT2D eigenvalue weighted by Gasteiger charge is -2.16. The number of likely N-dealkylation sites (tertiary alicyclic amines) is 1. The second-order valence-electron chi connectivity index (χ2n) is 5.18. The Morgan fingerprint density at radius 1 is 1.24 bits per heavy atom. The molecule has 2 aromatic rings. The number of nitrogens with one attached hydrogen (secondary N) is 1. The molecule has 1 amide bonds. The molecule has 2 heterocycles. The Morgan fingerprint density at radius 3 is 2.71 bits per heavy atom. The lowest BCUT2D eigenvalue weighted by atomic mass is 9.99. The molecule has 1 saturated heterocycles. The van der Waals surface area contributed by atoms with E-state index >= 15 is 0 Å². The van der Waals surface area contributed by atoms with Crippen LogP contribution in [0.15, 0.2) is 42.7 Å². The van der Waals surface area contributed by atoms with Crippen LogP contribution in [0.25, 0.3) is 0 Å². The van der Waals surface area contributed by atoms with Crippen molar-refractivity contribution >= 4 is 11.7 Å². The van der Waals surface area contributed by atoms with E-state index in [0.29, 0.717) is 17.4 Å². The summed E-state index contributed by atoms with van der Waals surface area (Å²) < 4.78 is 0. The van der Waals surface area contributed by atoms with Gasteiger partial charge in [-0.25, -0.2) is 9.97 Å². The van der Waals surface area contributed by atoms with E-state index in [1.165, 1.54) is 11.8 Å². The summed E-state index contributed by atoms with van der Waals surface area (Å²) in [4.78, 5) is 22.6. The summed E-state index contributed by atoms with van der Waals surface area (Å²) in [7, 11) is 1.77. The molecule has 5 heteroatoms. The minimum Gasteiger partial charge on any atom is -0.372 e. The number of carbonyl (C=O) groups is 1. The third-order valence-electron chi connectivity index (χ3n) is 3.87. The van der Waals surface area contributed by atoms with Crippen molar-refractivity contribution in [3.8, 4) is 0 Å². The van der Waals surface area contributed by atoms with Crippen molar-refractivity contribution in [2.45, 2.75) is 12.3 Å². The summed E-state index contributed by atoms with van der Waals surface area (Å²) >= 11 is 0. The zero-order chi connectivity index (χ0) is 14.7. The third kappa shape index (κ3) is 2.86. The minimum atomic E-state index is -0.0383. The van der Waals surface area contributed by atoms with Gasteiger partial charge in [-0.05, 0) is 12.0 Å². The molecule has 108 valence electrons. The lowest BCUT2D eigenvalue weighted by molar-refractivity contribution is 0.0784. The Hall–Kier alpha value is -2.43. The molecule has 0 saturated carbocycles. The molecule has 1 aliphatic rings. The molecule has 0 spiro atoms. The number of aromatic nitrogens is 2. The van der Waals surface area contributed by atoms with Crippen molar-refractivity contribution in [1.29, 1.82) is 0 Å². The standard InChI is InChI=1S/C16H18N4O/c1-17-15-10-18-14(9-19-15)16(21)20-8-7-13(11-20)12-5-3-2-4-6-12/h2-6,9-10,13H,7-8,11H2,1H3,(H,17,19).